The molecular formula is C26H34N4O4. The molecule has 2 amide bonds. The van der Waals surface area contributed by atoms with Gasteiger partial charge in [0.15, 0.2) is 5.82 Å². The highest BCUT2D eigenvalue weighted by Gasteiger charge is 2.45. The van der Waals surface area contributed by atoms with Gasteiger partial charge in [-0.1, -0.05) is 31.5 Å². The van der Waals surface area contributed by atoms with Gasteiger partial charge in [-0.05, 0) is 74.0 Å². The van der Waals surface area contributed by atoms with Gasteiger partial charge in [0.2, 0.25) is 0 Å². The Morgan fingerprint density at radius 1 is 1.18 bits per heavy atom. The maximum atomic E-state index is 12.9. The Morgan fingerprint density at radius 3 is 2.59 bits per heavy atom. The van der Waals surface area contributed by atoms with Gasteiger partial charge >= 0.3 is 12.0 Å². The third-order valence-corrected chi connectivity index (χ3v) is 7.65. The zero-order valence-corrected chi connectivity index (χ0v) is 20.1. The molecule has 1 aromatic carbocycles. The molecule has 0 saturated heterocycles. The molecule has 2 aromatic rings. The predicted molar refractivity (Wildman–Crippen MR) is 130 cm³/mol. The van der Waals surface area contributed by atoms with E-state index < -0.39 is 12.0 Å². The Bertz CT molecular complexity index is 1080. The van der Waals surface area contributed by atoms with Crippen molar-refractivity contribution in [1.29, 1.82) is 0 Å². The lowest BCUT2D eigenvalue weighted by molar-refractivity contribution is -0.138. The summed E-state index contributed by atoms with van der Waals surface area (Å²) >= 11 is 0. The quantitative estimate of drug-likeness (QED) is 0.476. The second-order valence-electron chi connectivity index (χ2n) is 10.8. The van der Waals surface area contributed by atoms with Gasteiger partial charge in [-0.2, -0.15) is 0 Å². The molecular weight excluding hydrogens is 432 g/mol. The highest BCUT2D eigenvalue weighted by molar-refractivity contribution is 6.01. The van der Waals surface area contributed by atoms with Gasteiger partial charge in [0.1, 0.15) is 5.76 Å². The van der Waals surface area contributed by atoms with Crippen molar-refractivity contribution in [3.8, 4) is 0 Å². The summed E-state index contributed by atoms with van der Waals surface area (Å²) in [6.07, 6.45) is 5.75. The minimum atomic E-state index is -0.758. The molecule has 0 radical (unpaired) electrons. The van der Waals surface area contributed by atoms with Gasteiger partial charge in [-0.3, -0.25) is 10.1 Å². The average Bonchev–Trinajstić information content (AvgIpc) is 3.05. The minimum absolute atomic E-state index is 0.00519. The van der Waals surface area contributed by atoms with Crippen molar-refractivity contribution in [2.45, 2.75) is 64.8 Å². The number of carboxylic acid groups (broad SMARTS) is 1. The summed E-state index contributed by atoms with van der Waals surface area (Å²) < 4.78 is 5.05. The normalized spacial score (nSPS) is 27.1. The molecule has 2 bridgehead atoms. The highest BCUT2D eigenvalue weighted by Crippen LogP contribution is 2.51. The fourth-order valence-electron chi connectivity index (χ4n) is 6.07. The van der Waals surface area contributed by atoms with E-state index in [9.17, 15) is 14.7 Å². The lowest BCUT2D eigenvalue weighted by Crippen LogP contribution is -2.42. The van der Waals surface area contributed by atoms with E-state index >= 15 is 0 Å². The van der Waals surface area contributed by atoms with E-state index in [1.165, 1.54) is 25.7 Å². The topological polar surface area (TPSA) is 108 Å². The van der Waals surface area contributed by atoms with Gasteiger partial charge in [0.05, 0.1) is 17.3 Å². The van der Waals surface area contributed by atoms with E-state index in [2.05, 4.69) is 40.6 Å². The van der Waals surface area contributed by atoms with Gasteiger partial charge in [0.25, 0.3) is 0 Å². The Hall–Kier alpha value is -3.03. The average molecular weight is 467 g/mol. The number of rotatable bonds is 8. The molecule has 0 aliphatic heterocycles. The summed E-state index contributed by atoms with van der Waals surface area (Å²) in [6.45, 7) is 7.13. The number of hydrogen-bond donors (Lipinski definition) is 3. The zero-order valence-electron chi connectivity index (χ0n) is 20.1. The number of carboxylic acids is 1. The number of benzene rings is 1. The van der Waals surface area contributed by atoms with Crippen LogP contribution in [-0.2, 0) is 4.79 Å². The van der Waals surface area contributed by atoms with Crippen LogP contribution in [0.1, 0.15) is 63.2 Å². The molecule has 1 aromatic heterocycles. The number of hydrogen-bond acceptors (Lipinski definition) is 5. The van der Waals surface area contributed by atoms with Crippen molar-refractivity contribution in [2.24, 2.45) is 23.7 Å². The molecule has 8 heteroatoms. The number of aliphatic carboxylic acids is 1. The first-order chi connectivity index (χ1) is 16.3. The molecule has 34 heavy (non-hydrogen) atoms. The number of aryl methyl sites for hydroxylation is 1. The van der Waals surface area contributed by atoms with E-state index in [0.717, 1.165) is 29.4 Å². The minimum Gasteiger partial charge on any atom is -0.481 e. The van der Waals surface area contributed by atoms with Crippen molar-refractivity contribution in [1.82, 2.24) is 5.16 Å². The van der Waals surface area contributed by atoms with Crippen LogP contribution in [0.2, 0.25) is 0 Å². The largest absolute Gasteiger partial charge is 0.481 e. The number of anilines is 3. The first-order valence-corrected chi connectivity index (χ1v) is 12.4. The number of carbonyl (C=O) groups is 2. The Kier molecular flexibility index (Phi) is 6.00. The standard InChI is InChI=1S/C26H34N4O4/c1-14(2)13-30(23-10-16-4-5-18(23)9-16)22-7-6-17(19-12-20(19)25(31)32)11-21(22)27-26(33)28-24-8-15(3)34-29-24/h6-8,11,14,16,18-20,23H,4-5,9-10,12-13H2,1-3H3,(H,31,32)(H2,27,28,29,33)/t16-,18+,19+,20+,23+/m0/s1. The molecule has 3 fully saturated rings. The van der Waals surface area contributed by atoms with Crippen LogP contribution in [0.4, 0.5) is 22.0 Å². The molecule has 3 aliphatic rings. The van der Waals surface area contributed by atoms with Gasteiger partial charge in [-0.15, -0.1) is 0 Å². The smallest absolute Gasteiger partial charge is 0.325 e. The predicted octanol–water partition coefficient (Wildman–Crippen LogP) is 5.47. The number of nitrogens with one attached hydrogen (secondary N) is 2. The van der Waals surface area contributed by atoms with E-state index in [1.807, 2.05) is 12.1 Å². The summed E-state index contributed by atoms with van der Waals surface area (Å²) in [5.74, 6) is 1.84. The van der Waals surface area contributed by atoms with Crippen molar-refractivity contribution < 1.29 is 19.2 Å². The van der Waals surface area contributed by atoms with Crippen molar-refractivity contribution >= 4 is 29.2 Å². The van der Waals surface area contributed by atoms with Crippen LogP contribution in [0.5, 0.6) is 0 Å². The summed E-state index contributed by atoms with van der Waals surface area (Å²) in [6, 6.07) is 7.84. The molecule has 3 N–H and O–H groups in total. The molecule has 5 rings (SSSR count). The number of urea groups is 1. The van der Waals surface area contributed by atoms with Crippen molar-refractivity contribution in [2.75, 3.05) is 22.1 Å². The Morgan fingerprint density at radius 2 is 2.00 bits per heavy atom. The number of aromatic nitrogens is 1. The van der Waals surface area contributed by atoms with Crippen LogP contribution in [0.15, 0.2) is 28.8 Å². The van der Waals surface area contributed by atoms with Crippen LogP contribution in [-0.4, -0.2) is 34.9 Å². The maximum absolute atomic E-state index is 12.9. The monoisotopic (exact) mass is 466 g/mol. The molecule has 0 spiro atoms. The van der Waals surface area contributed by atoms with Crippen LogP contribution in [0, 0.1) is 30.6 Å². The first-order valence-electron chi connectivity index (χ1n) is 12.4. The molecule has 1 heterocycles. The van der Waals surface area contributed by atoms with E-state index in [0.29, 0.717) is 35.9 Å². The van der Waals surface area contributed by atoms with Crippen LogP contribution < -0.4 is 15.5 Å². The molecule has 3 aliphatic carbocycles. The lowest BCUT2D eigenvalue weighted by Gasteiger charge is -2.39. The van der Waals surface area contributed by atoms with Gasteiger partial charge in [0, 0.05) is 18.7 Å². The van der Waals surface area contributed by atoms with Crippen LogP contribution in [0.3, 0.4) is 0 Å². The number of amides is 2. The summed E-state index contributed by atoms with van der Waals surface area (Å²) in [7, 11) is 0. The third-order valence-electron chi connectivity index (χ3n) is 7.65. The molecule has 3 saturated carbocycles. The van der Waals surface area contributed by atoms with Crippen molar-refractivity contribution in [3.05, 3.63) is 35.6 Å². The molecule has 182 valence electrons. The summed E-state index contributed by atoms with van der Waals surface area (Å²) in [5, 5.41) is 19.0. The maximum Gasteiger partial charge on any atom is 0.325 e. The van der Waals surface area contributed by atoms with E-state index in [4.69, 9.17) is 4.52 Å². The number of fused-ring (bicyclic) bond motifs is 2. The number of carbonyl (C=O) groups excluding carboxylic acids is 1. The zero-order chi connectivity index (χ0) is 24.0. The lowest BCUT2D eigenvalue weighted by atomic mass is 9.92. The van der Waals surface area contributed by atoms with E-state index in [1.54, 1.807) is 13.0 Å². The van der Waals surface area contributed by atoms with Crippen LogP contribution >= 0.6 is 0 Å². The van der Waals surface area contributed by atoms with Crippen molar-refractivity contribution in [3.63, 3.8) is 0 Å². The third kappa shape index (κ3) is 4.63. The summed E-state index contributed by atoms with van der Waals surface area (Å²) in [5.41, 5.74) is 2.69. The fourth-order valence-corrected chi connectivity index (χ4v) is 6.07. The second kappa shape index (κ2) is 8.96. The van der Waals surface area contributed by atoms with Gasteiger partial charge in [-0.25, -0.2) is 4.79 Å². The Balaban J connectivity index is 1.45. The number of nitrogens with zero attached hydrogens (tertiary/aromatic N) is 2. The molecule has 0 unspecified atom stereocenters. The fraction of sp³-hybridized carbons (Fsp3) is 0.577. The summed E-state index contributed by atoms with van der Waals surface area (Å²) in [4.78, 5) is 26.8. The second-order valence-corrected chi connectivity index (χ2v) is 10.8. The first kappa shape index (κ1) is 22.7. The highest BCUT2D eigenvalue weighted by atomic mass is 16.5. The Labute approximate surface area is 200 Å². The van der Waals surface area contributed by atoms with Gasteiger partial charge < -0.3 is 19.8 Å². The van der Waals surface area contributed by atoms with Crippen LogP contribution in [0.25, 0.3) is 0 Å². The molecule has 8 nitrogen and oxygen atoms in total. The van der Waals surface area contributed by atoms with E-state index in [-0.39, 0.29) is 11.8 Å². The molecule has 5 atom stereocenters. The SMILES string of the molecule is Cc1cc(NC(=O)Nc2cc([C@H]3C[C@H]3C(=O)O)ccc2N(CC(C)C)[C@@H]2C[C@H]3CC[C@@H]2C3)no1.